The van der Waals surface area contributed by atoms with Crippen molar-refractivity contribution in [2.45, 2.75) is 361 Å². The SMILES string of the molecule is CC/C=C\C/C=C\C/C=C\C/C=C\CCCCCCCCCCCCCCCCC(=O)OCC(COC(=O)CCCCCCCCC/C=C\C/C=C\CCCCC)OC(=O)CCCCCCCCCCC/C=C\CCCCCCCC. The molecule has 6 nitrogen and oxygen atoms in total. The van der Waals surface area contributed by atoms with Gasteiger partial charge in [0.05, 0.1) is 0 Å². The topological polar surface area (TPSA) is 78.9 Å². The molecule has 81 heavy (non-hydrogen) atoms. The molecule has 0 radical (unpaired) electrons. The second kappa shape index (κ2) is 69.1. The Balaban J connectivity index is 4.31. The van der Waals surface area contributed by atoms with E-state index < -0.39 is 6.10 Å². The fourth-order valence-electron chi connectivity index (χ4n) is 10.1. The van der Waals surface area contributed by atoms with E-state index in [1.165, 1.54) is 218 Å². The van der Waals surface area contributed by atoms with Gasteiger partial charge in [0, 0.05) is 19.3 Å². The lowest BCUT2D eigenvalue weighted by molar-refractivity contribution is -0.167. The van der Waals surface area contributed by atoms with Crippen molar-refractivity contribution in [3.05, 3.63) is 85.1 Å². The molecular weight excluding hydrogens is 997 g/mol. The molecule has 1 unspecified atom stereocenters. The summed E-state index contributed by atoms with van der Waals surface area (Å²) in [4.78, 5) is 38.5. The molecule has 0 aliphatic heterocycles. The number of hydrogen-bond donors (Lipinski definition) is 0. The van der Waals surface area contributed by atoms with Crippen molar-refractivity contribution in [2.75, 3.05) is 13.2 Å². The number of carbonyl (C=O) groups excluding carboxylic acids is 3. The number of hydrogen-bond acceptors (Lipinski definition) is 6. The fourth-order valence-corrected chi connectivity index (χ4v) is 10.1. The molecule has 0 heterocycles. The summed E-state index contributed by atoms with van der Waals surface area (Å²) >= 11 is 0. The van der Waals surface area contributed by atoms with Gasteiger partial charge in [-0.2, -0.15) is 0 Å². The van der Waals surface area contributed by atoms with Crippen LogP contribution in [-0.2, 0) is 28.6 Å². The van der Waals surface area contributed by atoms with Crippen molar-refractivity contribution in [1.29, 1.82) is 0 Å². The zero-order valence-electron chi connectivity index (χ0n) is 53.8. The van der Waals surface area contributed by atoms with Crippen LogP contribution in [0.3, 0.4) is 0 Å². The molecule has 468 valence electrons. The number of allylic oxidation sites excluding steroid dienone is 14. The largest absolute Gasteiger partial charge is 0.462 e. The maximum atomic E-state index is 13.0. The van der Waals surface area contributed by atoms with Gasteiger partial charge in [0.2, 0.25) is 0 Å². The molecule has 0 rings (SSSR count). The molecule has 0 spiro atoms. The Labute approximate surface area is 503 Å². The van der Waals surface area contributed by atoms with E-state index in [9.17, 15) is 14.4 Å². The Hall–Kier alpha value is -3.41. The van der Waals surface area contributed by atoms with Crippen molar-refractivity contribution in [3.8, 4) is 0 Å². The quantitative estimate of drug-likeness (QED) is 0.0261. The highest BCUT2D eigenvalue weighted by molar-refractivity contribution is 5.71. The standard InChI is InChI=1S/C75H132O6/c1-4-7-10-13-16-19-22-25-28-31-33-34-35-36-37-38-39-40-42-44-47-50-53-56-59-62-65-68-74(77)80-71-72(70-79-73(76)67-64-61-58-55-52-49-46-43-30-27-24-21-18-15-12-9-6-3)81-75(78)69-66-63-60-57-54-51-48-45-41-32-29-26-23-20-17-14-11-8-5-2/h7,10,16,18-19,21,25-30,33-34,72H,4-6,8-9,11-15,17,20,22-24,31-32,35-71H2,1-3H3/b10-7-,19-16-,21-18-,28-25-,29-26-,30-27-,34-33-. The number of esters is 3. The first-order valence-corrected chi connectivity index (χ1v) is 35.1. The number of rotatable bonds is 64. The van der Waals surface area contributed by atoms with Crippen molar-refractivity contribution < 1.29 is 28.6 Å². The third kappa shape index (κ3) is 67.3. The number of unbranched alkanes of at least 4 members (excludes halogenated alkanes) is 39. The molecule has 0 saturated carbocycles. The Morgan fingerprint density at radius 1 is 0.259 bits per heavy atom. The van der Waals surface area contributed by atoms with Crippen molar-refractivity contribution >= 4 is 17.9 Å². The minimum absolute atomic E-state index is 0.0774. The van der Waals surface area contributed by atoms with E-state index in [-0.39, 0.29) is 31.1 Å². The third-order valence-electron chi connectivity index (χ3n) is 15.4. The molecule has 0 aromatic heterocycles. The van der Waals surface area contributed by atoms with E-state index in [0.29, 0.717) is 19.3 Å². The van der Waals surface area contributed by atoms with Crippen LogP contribution in [0.5, 0.6) is 0 Å². The Kier molecular flexibility index (Phi) is 66.2. The van der Waals surface area contributed by atoms with Crippen molar-refractivity contribution in [1.82, 2.24) is 0 Å². The first-order valence-electron chi connectivity index (χ1n) is 35.1. The van der Waals surface area contributed by atoms with Gasteiger partial charge in [0.15, 0.2) is 6.10 Å². The number of carbonyl (C=O) groups is 3. The van der Waals surface area contributed by atoms with Crippen LogP contribution in [0.4, 0.5) is 0 Å². The molecule has 0 fully saturated rings. The summed E-state index contributed by atoms with van der Waals surface area (Å²) in [5.41, 5.74) is 0. The summed E-state index contributed by atoms with van der Waals surface area (Å²) < 4.78 is 17.0. The lowest BCUT2D eigenvalue weighted by Crippen LogP contribution is -2.30. The van der Waals surface area contributed by atoms with E-state index >= 15 is 0 Å². The highest BCUT2D eigenvalue weighted by Crippen LogP contribution is 2.17. The molecular formula is C75H132O6. The lowest BCUT2D eigenvalue weighted by Gasteiger charge is -2.18. The molecule has 0 aliphatic rings. The highest BCUT2D eigenvalue weighted by Gasteiger charge is 2.19. The smallest absolute Gasteiger partial charge is 0.306 e. The van der Waals surface area contributed by atoms with Gasteiger partial charge in [-0.25, -0.2) is 0 Å². The summed E-state index contributed by atoms with van der Waals surface area (Å²) in [5, 5.41) is 0. The van der Waals surface area contributed by atoms with Gasteiger partial charge < -0.3 is 14.2 Å². The molecule has 1 atom stereocenters. The molecule has 0 amide bonds. The predicted molar refractivity (Wildman–Crippen MR) is 353 cm³/mol. The van der Waals surface area contributed by atoms with Gasteiger partial charge in [0.25, 0.3) is 0 Å². The van der Waals surface area contributed by atoms with E-state index in [1.807, 2.05) is 0 Å². The van der Waals surface area contributed by atoms with Crippen LogP contribution in [0.15, 0.2) is 85.1 Å². The van der Waals surface area contributed by atoms with Gasteiger partial charge in [-0.3, -0.25) is 14.4 Å². The van der Waals surface area contributed by atoms with Crippen LogP contribution in [0.1, 0.15) is 355 Å². The van der Waals surface area contributed by atoms with Crippen LogP contribution in [0.25, 0.3) is 0 Å². The molecule has 0 aliphatic carbocycles. The Bertz CT molecular complexity index is 1530. The van der Waals surface area contributed by atoms with Crippen molar-refractivity contribution in [2.24, 2.45) is 0 Å². The second-order valence-corrected chi connectivity index (χ2v) is 23.4. The third-order valence-corrected chi connectivity index (χ3v) is 15.4. The van der Waals surface area contributed by atoms with E-state index in [2.05, 4.69) is 106 Å². The average Bonchev–Trinajstić information content (AvgIpc) is 3.47. The van der Waals surface area contributed by atoms with Crippen LogP contribution >= 0.6 is 0 Å². The van der Waals surface area contributed by atoms with Crippen LogP contribution < -0.4 is 0 Å². The van der Waals surface area contributed by atoms with Gasteiger partial charge >= 0.3 is 17.9 Å². The summed E-state index contributed by atoms with van der Waals surface area (Å²) in [6.07, 6.45) is 91.7. The minimum Gasteiger partial charge on any atom is -0.462 e. The van der Waals surface area contributed by atoms with E-state index in [4.69, 9.17) is 14.2 Å². The second-order valence-electron chi connectivity index (χ2n) is 23.4. The first kappa shape index (κ1) is 77.6. The summed E-state index contributed by atoms with van der Waals surface area (Å²) in [6.45, 7) is 6.54. The van der Waals surface area contributed by atoms with Crippen LogP contribution in [0.2, 0.25) is 0 Å². The van der Waals surface area contributed by atoms with Gasteiger partial charge in [-0.05, 0) is 116 Å². The van der Waals surface area contributed by atoms with Crippen LogP contribution in [-0.4, -0.2) is 37.2 Å². The first-order chi connectivity index (χ1) is 40.0. The molecule has 6 heteroatoms. The molecule has 0 aromatic rings. The minimum atomic E-state index is -0.782. The molecule has 0 bridgehead atoms. The predicted octanol–water partition coefficient (Wildman–Crippen LogP) is 24.2. The average molecular weight is 1130 g/mol. The zero-order chi connectivity index (χ0) is 58.5. The highest BCUT2D eigenvalue weighted by atomic mass is 16.6. The summed E-state index contributed by atoms with van der Waals surface area (Å²) in [7, 11) is 0. The van der Waals surface area contributed by atoms with E-state index in [0.717, 1.165) is 96.3 Å². The van der Waals surface area contributed by atoms with Crippen molar-refractivity contribution in [3.63, 3.8) is 0 Å². The molecule has 0 N–H and O–H groups in total. The summed E-state index contributed by atoms with van der Waals surface area (Å²) in [6, 6.07) is 0. The molecule has 0 aromatic carbocycles. The van der Waals surface area contributed by atoms with Gasteiger partial charge in [-0.1, -0.05) is 305 Å². The van der Waals surface area contributed by atoms with Gasteiger partial charge in [0.1, 0.15) is 13.2 Å². The fraction of sp³-hybridized carbons (Fsp3) is 0.773. The monoisotopic (exact) mass is 1130 g/mol. The summed E-state index contributed by atoms with van der Waals surface area (Å²) in [5.74, 6) is -0.869. The van der Waals surface area contributed by atoms with E-state index in [1.54, 1.807) is 0 Å². The number of ether oxygens (including phenoxy) is 3. The molecule has 0 saturated heterocycles. The Morgan fingerprint density at radius 2 is 0.481 bits per heavy atom. The lowest BCUT2D eigenvalue weighted by atomic mass is 10.0. The Morgan fingerprint density at radius 3 is 0.790 bits per heavy atom. The maximum Gasteiger partial charge on any atom is 0.306 e. The van der Waals surface area contributed by atoms with Crippen LogP contribution in [0, 0.1) is 0 Å². The zero-order valence-corrected chi connectivity index (χ0v) is 53.8. The van der Waals surface area contributed by atoms with Gasteiger partial charge in [-0.15, -0.1) is 0 Å². The maximum absolute atomic E-state index is 13.0. The normalized spacial score (nSPS) is 12.6.